The topological polar surface area (TPSA) is 135 Å². The minimum absolute atomic E-state index is 0.0617. The van der Waals surface area contributed by atoms with Crippen LogP contribution in [0.15, 0.2) is 36.9 Å². The zero-order chi connectivity index (χ0) is 31.0. The predicted octanol–water partition coefficient (Wildman–Crippen LogP) is 6.76. The lowest BCUT2D eigenvalue weighted by Gasteiger charge is -2.39. The second-order valence-electron chi connectivity index (χ2n) is 13.2. The SMILES string of the molecule is CC[C@H]1O[C@@H](n2cnc3c(N(Cc4ccccc4[N+](=O)[O-])C(=O)OC(C)(C)C)ncnc32)CC1O[Si](C)(C)C(C)(C)C. The molecule has 0 N–H and O–H groups in total. The van der Waals surface area contributed by atoms with Crippen LogP contribution < -0.4 is 4.90 Å². The molecule has 2 aromatic heterocycles. The number of anilines is 1. The molecule has 0 spiro atoms. The van der Waals surface area contributed by atoms with E-state index in [1.54, 1.807) is 45.3 Å². The van der Waals surface area contributed by atoms with E-state index in [-0.39, 0.29) is 41.5 Å². The summed E-state index contributed by atoms with van der Waals surface area (Å²) in [7, 11) is -2.04. The molecule has 3 aromatic rings. The lowest BCUT2D eigenvalue weighted by Crippen LogP contribution is -2.45. The molecule has 0 radical (unpaired) electrons. The molecule has 1 amide bonds. The number of benzene rings is 1. The molecule has 13 heteroatoms. The fourth-order valence-electron chi connectivity index (χ4n) is 4.70. The lowest BCUT2D eigenvalue weighted by molar-refractivity contribution is -0.385. The van der Waals surface area contributed by atoms with Gasteiger partial charge in [-0.3, -0.25) is 19.6 Å². The van der Waals surface area contributed by atoms with Crippen LogP contribution in [0.2, 0.25) is 18.1 Å². The maximum Gasteiger partial charge on any atom is 0.416 e. The third-order valence-corrected chi connectivity index (χ3v) is 12.4. The normalized spacial score (nSPS) is 19.7. The maximum atomic E-state index is 13.5. The summed E-state index contributed by atoms with van der Waals surface area (Å²) < 4.78 is 20.8. The zero-order valence-corrected chi connectivity index (χ0v) is 27.0. The fraction of sp³-hybridized carbons (Fsp3) is 0.586. The number of ether oxygens (including phenoxy) is 2. The van der Waals surface area contributed by atoms with Gasteiger partial charge in [-0.15, -0.1) is 0 Å². The van der Waals surface area contributed by atoms with E-state index in [4.69, 9.17) is 13.9 Å². The molecule has 1 fully saturated rings. The second-order valence-corrected chi connectivity index (χ2v) is 17.9. The number of carbonyl (C=O) groups is 1. The summed E-state index contributed by atoms with van der Waals surface area (Å²) in [5.74, 6) is 0.185. The molecule has 3 atom stereocenters. The Balaban J connectivity index is 1.72. The van der Waals surface area contributed by atoms with E-state index in [0.29, 0.717) is 23.1 Å². The molecule has 1 aliphatic rings. The first-order chi connectivity index (χ1) is 19.5. The number of nitro groups is 1. The number of amides is 1. The third kappa shape index (κ3) is 6.63. The molecule has 1 unspecified atom stereocenters. The molecule has 42 heavy (non-hydrogen) atoms. The Kier molecular flexibility index (Phi) is 8.77. The minimum Gasteiger partial charge on any atom is -0.443 e. The summed E-state index contributed by atoms with van der Waals surface area (Å²) in [6.07, 6.45) is 3.17. The second kappa shape index (κ2) is 11.7. The third-order valence-electron chi connectivity index (χ3n) is 7.87. The van der Waals surface area contributed by atoms with Crippen molar-refractivity contribution < 1.29 is 23.6 Å². The van der Waals surface area contributed by atoms with E-state index in [0.717, 1.165) is 6.42 Å². The first-order valence-electron chi connectivity index (χ1n) is 14.3. The Bertz CT molecular complexity index is 1450. The van der Waals surface area contributed by atoms with Crippen molar-refractivity contribution in [2.24, 2.45) is 0 Å². The number of aromatic nitrogens is 4. The van der Waals surface area contributed by atoms with Gasteiger partial charge >= 0.3 is 6.09 Å². The van der Waals surface area contributed by atoms with Gasteiger partial charge in [0, 0.05) is 18.1 Å². The summed E-state index contributed by atoms with van der Waals surface area (Å²) in [4.78, 5) is 39.5. The molecule has 12 nitrogen and oxygen atoms in total. The molecule has 0 aliphatic carbocycles. The van der Waals surface area contributed by atoms with Gasteiger partial charge in [-0.2, -0.15) is 0 Å². The van der Waals surface area contributed by atoms with E-state index in [2.05, 4.69) is 55.7 Å². The van der Waals surface area contributed by atoms with E-state index in [1.807, 2.05) is 4.57 Å². The smallest absolute Gasteiger partial charge is 0.416 e. The van der Waals surface area contributed by atoms with Crippen LogP contribution in [0.5, 0.6) is 0 Å². The Morgan fingerprint density at radius 2 is 1.86 bits per heavy atom. The molecule has 0 bridgehead atoms. The summed E-state index contributed by atoms with van der Waals surface area (Å²) in [5, 5.41) is 11.8. The van der Waals surface area contributed by atoms with Crippen LogP contribution in [0.1, 0.15) is 73.1 Å². The van der Waals surface area contributed by atoms with Crippen LogP contribution in [0.25, 0.3) is 11.2 Å². The molecular weight excluding hydrogens is 556 g/mol. The van der Waals surface area contributed by atoms with Crippen LogP contribution in [-0.4, -0.2) is 56.7 Å². The predicted molar refractivity (Wildman–Crippen MR) is 162 cm³/mol. The minimum atomic E-state index is -2.04. The van der Waals surface area contributed by atoms with Gasteiger partial charge in [0.25, 0.3) is 5.69 Å². The number of nitrogens with zero attached hydrogens (tertiary/aromatic N) is 6. The van der Waals surface area contributed by atoms with E-state index < -0.39 is 24.9 Å². The number of hydrogen-bond acceptors (Lipinski definition) is 9. The average molecular weight is 599 g/mol. The van der Waals surface area contributed by atoms with Gasteiger partial charge in [0.1, 0.15) is 18.2 Å². The van der Waals surface area contributed by atoms with Crippen molar-refractivity contribution >= 4 is 37.1 Å². The largest absolute Gasteiger partial charge is 0.443 e. The molecule has 1 aliphatic heterocycles. The van der Waals surface area contributed by atoms with Crippen molar-refractivity contribution in [1.82, 2.24) is 19.5 Å². The van der Waals surface area contributed by atoms with Crippen molar-refractivity contribution in [2.75, 3.05) is 4.90 Å². The summed E-state index contributed by atoms with van der Waals surface area (Å²) in [5.41, 5.74) is 0.237. The van der Waals surface area contributed by atoms with Crippen molar-refractivity contribution in [3.8, 4) is 0 Å². The van der Waals surface area contributed by atoms with Crippen LogP contribution in [0.4, 0.5) is 16.3 Å². The number of para-hydroxylation sites is 1. The van der Waals surface area contributed by atoms with Crippen LogP contribution >= 0.6 is 0 Å². The number of nitro benzene ring substituents is 1. The monoisotopic (exact) mass is 598 g/mol. The number of fused-ring (bicyclic) bond motifs is 1. The number of imidazole rings is 1. The Labute approximate surface area is 247 Å². The van der Waals surface area contributed by atoms with Crippen molar-refractivity contribution in [1.29, 1.82) is 0 Å². The quantitative estimate of drug-likeness (QED) is 0.156. The van der Waals surface area contributed by atoms with Crippen LogP contribution in [0.3, 0.4) is 0 Å². The zero-order valence-electron chi connectivity index (χ0n) is 26.0. The summed E-state index contributed by atoms with van der Waals surface area (Å²) in [6.45, 7) is 18.3. The van der Waals surface area contributed by atoms with Gasteiger partial charge in [-0.1, -0.05) is 45.9 Å². The van der Waals surface area contributed by atoms with Gasteiger partial charge in [0.2, 0.25) is 0 Å². The molecule has 3 heterocycles. The van der Waals surface area contributed by atoms with Crippen LogP contribution in [0, 0.1) is 10.1 Å². The van der Waals surface area contributed by atoms with Crippen molar-refractivity contribution in [2.45, 2.75) is 110 Å². The summed E-state index contributed by atoms with van der Waals surface area (Å²) in [6, 6.07) is 6.27. The van der Waals surface area contributed by atoms with E-state index in [1.165, 1.54) is 17.3 Å². The first-order valence-corrected chi connectivity index (χ1v) is 17.2. The Morgan fingerprint density at radius 1 is 1.17 bits per heavy atom. The Morgan fingerprint density at radius 3 is 2.48 bits per heavy atom. The van der Waals surface area contributed by atoms with Gasteiger partial charge < -0.3 is 13.9 Å². The Hall–Kier alpha value is -3.42. The highest BCUT2D eigenvalue weighted by Gasteiger charge is 2.45. The highest BCUT2D eigenvalue weighted by Crippen LogP contribution is 2.42. The standard InChI is InChI=1S/C29H42N6O6Si/c1-10-21-22(41-42(8,9)29(5,6)7)15-23(39-21)34-18-32-24-25(30-17-31-26(24)34)33(27(36)40-28(2,3)4)16-19-13-11-12-14-20(19)35(37)38/h11-14,17-18,21-23H,10,15-16H2,1-9H3/t21-,22?,23-/m1/s1. The molecule has 4 rings (SSSR count). The molecule has 0 saturated carbocycles. The van der Waals surface area contributed by atoms with Crippen molar-refractivity contribution in [3.63, 3.8) is 0 Å². The van der Waals surface area contributed by atoms with Crippen LogP contribution in [-0.2, 0) is 20.4 Å². The number of rotatable bonds is 8. The van der Waals surface area contributed by atoms with Gasteiger partial charge in [0.15, 0.2) is 25.3 Å². The van der Waals surface area contributed by atoms with E-state index in [9.17, 15) is 14.9 Å². The maximum absolute atomic E-state index is 13.5. The lowest BCUT2D eigenvalue weighted by atomic mass is 10.1. The molecule has 228 valence electrons. The summed E-state index contributed by atoms with van der Waals surface area (Å²) >= 11 is 0. The molecule has 1 saturated heterocycles. The number of carbonyl (C=O) groups excluding carboxylic acids is 1. The first kappa shape index (κ1) is 31.5. The van der Waals surface area contributed by atoms with Crippen molar-refractivity contribution in [3.05, 3.63) is 52.6 Å². The van der Waals surface area contributed by atoms with Gasteiger partial charge in [0.05, 0.1) is 30.0 Å². The van der Waals surface area contributed by atoms with E-state index >= 15 is 0 Å². The number of hydrogen-bond donors (Lipinski definition) is 0. The average Bonchev–Trinajstić information content (AvgIpc) is 3.49. The van der Waals surface area contributed by atoms with Gasteiger partial charge in [-0.25, -0.2) is 19.7 Å². The molecule has 1 aromatic carbocycles. The fourth-order valence-corrected chi connectivity index (χ4v) is 6.06. The molecular formula is C29H42N6O6Si. The highest BCUT2D eigenvalue weighted by atomic mass is 28.4. The van der Waals surface area contributed by atoms with Gasteiger partial charge in [-0.05, 0) is 45.3 Å². The highest BCUT2D eigenvalue weighted by molar-refractivity contribution is 6.74.